The fourth-order valence-electron chi connectivity index (χ4n) is 3.67. The van der Waals surface area contributed by atoms with E-state index in [9.17, 15) is 19.7 Å². The Hall–Kier alpha value is -2.68. The number of amides is 1. The fraction of sp³-hybridized carbons (Fsp3) is 0.556. The molecule has 1 aromatic heterocycles. The molecule has 0 saturated carbocycles. The average molecular weight is 376 g/mol. The molecule has 1 atom stereocenters. The van der Waals surface area contributed by atoms with Crippen molar-refractivity contribution < 1.29 is 14.1 Å². The number of piperidine rings is 1. The number of aryl methyl sites for hydroxylation is 1. The third-order valence-electron chi connectivity index (χ3n) is 5.00. The molecule has 0 aliphatic carbocycles. The summed E-state index contributed by atoms with van der Waals surface area (Å²) in [7, 11) is 1.92. The number of benzene rings is 1. The molecule has 0 radical (unpaired) electrons. The standard InChI is InChI=1S/C18H24N4O5/c1-19-11-13-4-2-8-20(12-13)17(23)5-3-9-21-15-7-6-14(22(25)26)10-16(15)27-18(21)24/h6-7,10,13,19H,2-5,8-9,11-12H2,1H3. The Morgan fingerprint density at radius 3 is 3.00 bits per heavy atom. The van der Waals surface area contributed by atoms with Crippen LogP contribution in [-0.2, 0) is 11.3 Å². The van der Waals surface area contributed by atoms with Crippen LogP contribution in [0.3, 0.4) is 0 Å². The zero-order valence-corrected chi connectivity index (χ0v) is 15.3. The van der Waals surface area contributed by atoms with E-state index in [0.717, 1.165) is 32.5 Å². The summed E-state index contributed by atoms with van der Waals surface area (Å²) >= 11 is 0. The molecule has 1 aliphatic rings. The molecule has 0 bridgehead atoms. The topological polar surface area (TPSA) is 111 Å². The van der Waals surface area contributed by atoms with E-state index in [4.69, 9.17) is 4.42 Å². The van der Waals surface area contributed by atoms with E-state index in [-0.39, 0.29) is 17.2 Å². The Labute approximate surface area is 156 Å². The summed E-state index contributed by atoms with van der Waals surface area (Å²) in [6, 6.07) is 4.09. The third-order valence-corrected chi connectivity index (χ3v) is 5.00. The number of fused-ring (bicyclic) bond motifs is 1. The van der Waals surface area contributed by atoms with Gasteiger partial charge in [-0.1, -0.05) is 0 Å². The van der Waals surface area contributed by atoms with Crippen molar-refractivity contribution in [1.82, 2.24) is 14.8 Å². The highest BCUT2D eigenvalue weighted by Gasteiger charge is 2.23. The number of nitro benzene ring substituents is 1. The minimum absolute atomic E-state index is 0.104. The van der Waals surface area contributed by atoms with Gasteiger partial charge in [-0.15, -0.1) is 0 Å². The van der Waals surface area contributed by atoms with Crippen molar-refractivity contribution in [1.29, 1.82) is 0 Å². The monoisotopic (exact) mass is 376 g/mol. The highest BCUT2D eigenvalue weighted by molar-refractivity contribution is 5.77. The largest absolute Gasteiger partial charge is 0.419 e. The van der Waals surface area contributed by atoms with Crippen molar-refractivity contribution in [3.05, 3.63) is 38.9 Å². The second-order valence-electron chi connectivity index (χ2n) is 6.94. The SMILES string of the molecule is CNCC1CCCN(C(=O)CCCn2c(=O)oc3cc([N+](=O)[O-])ccc32)C1. The van der Waals surface area contributed by atoms with Crippen molar-refractivity contribution in [3.8, 4) is 0 Å². The molecule has 1 aliphatic heterocycles. The van der Waals surface area contributed by atoms with Gasteiger partial charge in [-0.2, -0.15) is 0 Å². The minimum Gasteiger partial charge on any atom is -0.407 e. The summed E-state index contributed by atoms with van der Waals surface area (Å²) in [4.78, 5) is 36.7. The summed E-state index contributed by atoms with van der Waals surface area (Å²) in [5, 5.41) is 14.0. The molecule has 1 unspecified atom stereocenters. The van der Waals surface area contributed by atoms with E-state index < -0.39 is 10.7 Å². The predicted molar refractivity (Wildman–Crippen MR) is 99.6 cm³/mol. The number of nitrogens with one attached hydrogen (secondary N) is 1. The van der Waals surface area contributed by atoms with Crippen LogP contribution >= 0.6 is 0 Å². The van der Waals surface area contributed by atoms with Gasteiger partial charge in [0.2, 0.25) is 5.91 Å². The van der Waals surface area contributed by atoms with Gasteiger partial charge < -0.3 is 14.6 Å². The maximum absolute atomic E-state index is 12.5. The second kappa shape index (κ2) is 8.34. The van der Waals surface area contributed by atoms with E-state index in [2.05, 4.69) is 5.32 Å². The van der Waals surface area contributed by atoms with Crippen molar-refractivity contribution in [2.75, 3.05) is 26.7 Å². The van der Waals surface area contributed by atoms with Crippen molar-refractivity contribution in [2.45, 2.75) is 32.2 Å². The Bertz CT molecular complexity index is 885. The van der Waals surface area contributed by atoms with Crippen LogP contribution in [0.1, 0.15) is 25.7 Å². The Morgan fingerprint density at radius 1 is 1.44 bits per heavy atom. The molecule has 146 valence electrons. The second-order valence-corrected chi connectivity index (χ2v) is 6.94. The van der Waals surface area contributed by atoms with Gasteiger partial charge in [-0.3, -0.25) is 19.5 Å². The lowest BCUT2D eigenvalue weighted by Crippen LogP contribution is -2.42. The number of rotatable bonds is 7. The zero-order chi connectivity index (χ0) is 19.4. The van der Waals surface area contributed by atoms with Gasteiger partial charge in [0, 0.05) is 32.1 Å². The van der Waals surface area contributed by atoms with Crippen LogP contribution in [0.25, 0.3) is 11.1 Å². The molecule has 1 N–H and O–H groups in total. The number of hydrogen-bond acceptors (Lipinski definition) is 6. The molecule has 2 aromatic rings. The first kappa shape index (κ1) is 19.1. The Kier molecular flexibility index (Phi) is 5.90. The van der Waals surface area contributed by atoms with Gasteiger partial charge in [0.15, 0.2) is 5.58 Å². The normalized spacial score (nSPS) is 17.4. The number of hydrogen-bond donors (Lipinski definition) is 1. The van der Waals surface area contributed by atoms with Gasteiger partial charge in [0.05, 0.1) is 16.5 Å². The summed E-state index contributed by atoms with van der Waals surface area (Å²) < 4.78 is 6.53. The summed E-state index contributed by atoms with van der Waals surface area (Å²) in [6.07, 6.45) is 3.02. The number of carbonyl (C=O) groups is 1. The Balaban J connectivity index is 1.60. The van der Waals surface area contributed by atoms with E-state index in [0.29, 0.717) is 30.8 Å². The molecule has 0 spiro atoms. The summed E-state index contributed by atoms with van der Waals surface area (Å²) in [6.45, 7) is 2.81. The molecule has 1 saturated heterocycles. The smallest absolute Gasteiger partial charge is 0.407 e. The molecule has 9 nitrogen and oxygen atoms in total. The lowest BCUT2D eigenvalue weighted by Gasteiger charge is -2.32. The van der Waals surface area contributed by atoms with Crippen LogP contribution in [0.15, 0.2) is 27.4 Å². The molecule has 9 heteroatoms. The number of aromatic nitrogens is 1. The van der Waals surface area contributed by atoms with Gasteiger partial charge in [0.25, 0.3) is 5.69 Å². The van der Waals surface area contributed by atoms with Crippen LogP contribution in [0.2, 0.25) is 0 Å². The molecule has 27 heavy (non-hydrogen) atoms. The van der Waals surface area contributed by atoms with Gasteiger partial charge in [-0.05, 0) is 44.8 Å². The number of likely N-dealkylation sites (tertiary alicyclic amines) is 1. The van der Waals surface area contributed by atoms with Gasteiger partial charge in [-0.25, -0.2) is 4.79 Å². The summed E-state index contributed by atoms with van der Waals surface area (Å²) in [5.74, 6) is 0.0289. The van der Waals surface area contributed by atoms with Gasteiger partial charge >= 0.3 is 5.76 Å². The number of oxazole rings is 1. The molecule has 2 heterocycles. The molecule has 1 fully saturated rings. The molecule has 3 rings (SSSR count). The first-order valence-electron chi connectivity index (χ1n) is 9.19. The lowest BCUT2D eigenvalue weighted by atomic mass is 9.97. The highest BCUT2D eigenvalue weighted by Crippen LogP contribution is 2.21. The number of nitro groups is 1. The molecular formula is C18H24N4O5. The average Bonchev–Trinajstić information content (AvgIpc) is 2.96. The quantitative estimate of drug-likeness (QED) is 0.582. The molecule has 1 aromatic carbocycles. The Morgan fingerprint density at radius 2 is 2.26 bits per heavy atom. The highest BCUT2D eigenvalue weighted by atomic mass is 16.6. The van der Waals surface area contributed by atoms with Crippen LogP contribution in [0.4, 0.5) is 5.69 Å². The van der Waals surface area contributed by atoms with Crippen LogP contribution in [0.5, 0.6) is 0 Å². The summed E-state index contributed by atoms with van der Waals surface area (Å²) in [5.41, 5.74) is 0.566. The van der Waals surface area contributed by atoms with Crippen molar-refractivity contribution in [3.63, 3.8) is 0 Å². The molecule has 1 amide bonds. The minimum atomic E-state index is -0.565. The lowest BCUT2D eigenvalue weighted by molar-refractivity contribution is -0.384. The van der Waals surface area contributed by atoms with E-state index in [1.807, 2.05) is 11.9 Å². The van der Waals surface area contributed by atoms with E-state index in [1.54, 1.807) is 0 Å². The number of nitrogens with zero attached hydrogens (tertiary/aromatic N) is 3. The van der Waals surface area contributed by atoms with E-state index in [1.165, 1.54) is 22.8 Å². The third kappa shape index (κ3) is 4.36. The van der Waals surface area contributed by atoms with Crippen LogP contribution in [-0.4, -0.2) is 47.0 Å². The first-order chi connectivity index (χ1) is 13.0. The fourth-order valence-corrected chi connectivity index (χ4v) is 3.67. The molecular weight excluding hydrogens is 352 g/mol. The van der Waals surface area contributed by atoms with Crippen LogP contribution in [0, 0.1) is 16.0 Å². The van der Waals surface area contributed by atoms with Gasteiger partial charge in [0.1, 0.15) is 0 Å². The van der Waals surface area contributed by atoms with Crippen LogP contribution < -0.4 is 11.1 Å². The zero-order valence-electron chi connectivity index (χ0n) is 15.3. The first-order valence-corrected chi connectivity index (χ1v) is 9.19. The predicted octanol–water partition coefficient (Wildman–Crippen LogP) is 1.74. The van der Waals surface area contributed by atoms with E-state index >= 15 is 0 Å². The maximum Gasteiger partial charge on any atom is 0.419 e. The maximum atomic E-state index is 12.5. The van der Waals surface area contributed by atoms with Crippen molar-refractivity contribution >= 4 is 22.7 Å². The number of non-ortho nitro benzene ring substituents is 1. The number of carbonyl (C=O) groups excluding carboxylic acids is 1. The van der Waals surface area contributed by atoms with Crippen molar-refractivity contribution in [2.24, 2.45) is 5.92 Å².